The number of amides is 1. The summed E-state index contributed by atoms with van der Waals surface area (Å²) in [4.78, 5) is 16.5. The van der Waals surface area contributed by atoms with Gasteiger partial charge in [0.15, 0.2) is 0 Å². The second-order valence-electron chi connectivity index (χ2n) is 5.45. The van der Waals surface area contributed by atoms with Crippen LogP contribution in [0, 0.1) is 12.7 Å². The highest BCUT2D eigenvalue weighted by atomic mass is 19.1. The van der Waals surface area contributed by atoms with Crippen molar-refractivity contribution in [2.24, 2.45) is 0 Å². The number of aryl methyl sites for hydroxylation is 1. The van der Waals surface area contributed by atoms with Crippen LogP contribution in [0.25, 0.3) is 11.4 Å². The molecule has 0 fully saturated rings. The number of aromatic nitrogens is 2. The largest absolute Gasteiger partial charge is 0.340 e. The Labute approximate surface area is 138 Å². The van der Waals surface area contributed by atoms with Gasteiger partial charge < -0.3 is 9.84 Å². The van der Waals surface area contributed by atoms with Crippen molar-refractivity contribution in [3.05, 3.63) is 71.4 Å². The Morgan fingerprint density at radius 1 is 1.17 bits per heavy atom. The zero-order valence-corrected chi connectivity index (χ0v) is 13.3. The van der Waals surface area contributed by atoms with Crippen LogP contribution < -0.4 is 5.32 Å². The third-order valence-corrected chi connectivity index (χ3v) is 3.66. The van der Waals surface area contributed by atoms with Crippen molar-refractivity contribution in [3.8, 4) is 11.4 Å². The van der Waals surface area contributed by atoms with Gasteiger partial charge in [-0.05, 0) is 31.5 Å². The van der Waals surface area contributed by atoms with Crippen LogP contribution in [0.1, 0.15) is 34.8 Å². The predicted molar refractivity (Wildman–Crippen MR) is 86.8 cm³/mol. The van der Waals surface area contributed by atoms with Gasteiger partial charge >= 0.3 is 0 Å². The Morgan fingerprint density at radius 2 is 1.88 bits per heavy atom. The lowest BCUT2D eigenvalue weighted by atomic mass is 10.1. The third-order valence-electron chi connectivity index (χ3n) is 3.66. The highest BCUT2D eigenvalue weighted by Gasteiger charge is 2.20. The quantitative estimate of drug-likeness (QED) is 0.794. The molecule has 3 rings (SSSR count). The first-order valence-corrected chi connectivity index (χ1v) is 7.51. The van der Waals surface area contributed by atoms with E-state index < -0.39 is 17.8 Å². The summed E-state index contributed by atoms with van der Waals surface area (Å²) in [5, 5.41) is 6.61. The maximum Gasteiger partial charge on any atom is 0.254 e. The molecule has 1 heterocycles. The summed E-state index contributed by atoms with van der Waals surface area (Å²) in [7, 11) is 0. The van der Waals surface area contributed by atoms with Crippen LogP contribution in [-0.2, 0) is 0 Å². The van der Waals surface area contributed by atoms with Crippen LogP contribution in [0.2, 0.25) is 0 Å². The predicted octanol–water partition coefficient (Wildman–Crippen LogP) is 3.68. The molecule has 0 radical (unpaired) electrons. The lowest BCUT2D eigenvalue weighted by Crippen LogP contribution is -2.27. The van der Waals surface area contributed by atoms with E-state index in [9.17, 15) is 9.18 Å². The molecular formula is C18H16FN3O2. The lowest BCUT2D eigenvalue weighted by molar-refractivity contribution is 0.0928. The number of carbonyl (C=O) groups is 1. The lowest BCUT2D eigenvalue weighted by Gasteiger charge is -2.10. The van der Waals surface area contributed by atoms with Crippen LogP contribution in [0.5, 0.6) is 0 Å². The Balaban J connectivity index is 1.77. The molecule has 6 heteroatoms. The van der Waals surface area contributed by atoms with Crippen molar-refractivity contribution in [2.75, 3.05) is 0 Å². The maximum absolute atomic E-state index is 13.7. The maximum atomic E-state index is 13.7. The number of hydrogen-bond acceptors (Lipinski definition) is 4. The van der Waals surface area contributed by atoms with E-state index in [0.717, 1.165) is 11.1 Å². The summed E-state index contributed by atoms with van der Waals surface area (Å²) in [5.41, 5.74) is 1.86. The van der Waals surface area contributed by atoms with Gasteiger partial charge in [0.1, 0.15) is 11.9 Å². The van der Waals surface area contributed by atoms with E-state index >= 15 is 0 Å². The second-order valence-corrected chi connectivity index (χ2v) is 5.45. The number of halogens is 1. The fourth-order valence-corrected chi connectivity index (χ4v) is 2.33. The molecule has 24 heavy (non-hydrogen) atoms. The van der Waals surface area contributed by atoms with Gasteiger partial charge in [0.05, 0.1) is 5.56 Å². The number of rotatable bonds is 4. The summed E-state index contributed by atoms with van der Waals surface area (Å²) in [6, 6.07) is 12.9. The van der Waals surface area contributed by atoms with E-state index in [-0.39, 0.29) is 11.5 Å². The van der Waals surface area contributed by atoms with Crippen molar-refractivity contribution in [1.29, 1.82) is 0 Å². The molecule has 0 spiro atoms. The fraction of sp³-hybridized carbons (Fsp3) is 0.167. The van der Waals surface area contributed by atoms with E-state index in [1.54, 1.807) is 13.0 Å². The van der Waals surface area contributed by atoms with E-state index in [0.29, 0.717) is 5.82 Å². The van der Waals surface area contributed by atoms with Gasteiger partial charge in [0.2, 0.25) is 11.7 Å². The molecule has 0 saturated carbocycles. The molecule has 0 unspecified atom stereocenters. The summed E-state index contributed by atoms with van der Waals surface area (Å²) in [6.45, 7) is 3.66. The standard InChI is InChI=1S/C18H16FN3O2/c1-11-7-3-4-8-13(11)16-21-18(24-22-16)12(2)20-17(23)14-9-5-6-10-15(14)19/h3-10,12H,1-2H3,(H,20,23)/t12-/m0/s1. The molecule has 0 saturated heterocycles. The van der Waals surface area contributed by atoms with Crippen molar-refractivity contribution in [2.45, 2.75) is 19.9 Å². The molecule has 2 aromatic carbocycles. The molecule has 1 N–H and O–H groups in total. The summed E-state index contributed by atoms with van der Waals surface area (Å²) in [6.07, 6.45) is 0. The number of benzene rings is 2. The molecule has 0 aliphatic heterocycles. The van der Waals surface area contributed by atoms with Crippen molar-refractivity contribution in [1.82, 2.24) is 15.5 Å². The van der Waals surface area contributed by atoms with Crippen LogP contribution in [-0.4, -0.2) is 16.0 Å². The topological polar surface area (TPSA) is 68.0 Å². The molecule has 0 aliphatic rings. The number of carbonyl (C=O) groups excluding carboxylic acids is 1. The minimum atomic E-state index is -0.576. The molecule has 0 aliphatic carbocycles. The van der Waals surface area contributed by atoms with Gasteiger partial charge in [0.25, 0.3) is 5.91 Å². The molecule has 122 valence electrons. The molecule has 1 aromatic heterocycles. The van der Waals surface area contributed by atoms with E-state index in [4.69, 9.17) is 4.52 Å². The van der Waals surface area contributed by atoms with Crippen molar-refractivity contribution >= 4 is 5.91 Å². The van der Waals surface area contributed by atoms with Crippen LogP contribution in [0.3, 0.4) is 0 Å². The fourth-order valence-electron chi connectivity index (χ4n) is 2.33. The van der Waals surface area contributed by atoms with Gasteiger partial charge in [0, 0.05) is 5.56 Å². The smallest absolute Gasteiger partial charge is 0.254 e. The zero-order chi connectivity index (χ0) is 17.1. The van der Waals surface area contributed by atoms with E-state index in [1.165, 1.54) is 18.2 Å². The third kappa shape index (κ3) is 3.17. The molecule has 5 nitrogen and oxygen atoms in total. The zero-order valence-electron chi connectivity index (χ0n) is 13.3. The molecule has 1 amide bonds. The Hall–Kier alpha value is -3.02. The summed E-state index contributed by atoms with van der Waals surface area (Å²) < 4.78 is 18.9. The Kier molecular flexibility index (Phi) is 4.37. The summed E-state index contributed by atoms with van der Waals surface area (Å²) >= 11 is 0. The SMILES string of the molecule is Cc1ccccc1-c1noc([C@H](C)NC(=O)c2ccccc2F)n1. The van der Waals surface area contributed by atoms with Crippen LogP contribution in [0.4, 0.5) is 4.39 Å². The Morgan fingerprint density at radius 3 is 2.62 bits per heavy atom. The highest BCUT2D eigenvalue weighted by molar-refractivity contribution is 5.94. The van der Waals surface area contributed by atoms with Crippen LogP contribution in [0.15, 0.2) is 53.1 Å². The summed E-state index contributed by atoms with van der Waals surface area (Å²) in [5.74, 6) is -0.391. The molecule has 3 aromatic rings. The number of nitrogens with zero attached hydrogens (tertiary/aromatic N) is 2. The molecular weight excluding hydrogens is 309 g/mol. The average molecular weight is 325 g/mol. The highest BCUT2D eigenvalue weighted by Crippen LogP contribution is 2.22. The van der Waals surface area contributed by atoms with Crippen molar-refractivity contribution in [3.63, 3.8) is 0 Å². The van der Waals surface area contributed by atoms with Crippen molar-refractivity contribution < 1.29 is 13.7 Å². The minimum Gasteiger partial charge on any atom is -0.340 e. The molecule has 1 atom stereocenters. The van der Waals surface area contributed by atoms with Gasteiger partial charge in [-0.15, -0.1) is 0 Å². The first-order valence-electron chi connectivity index (χ1n) is 7.51. The van der Waals surface area contributed by atoms with E-state index in [2.05, 4.69) is 15.5 Å². The first-order chi connectivity index (χ1) is 11.6. The Bertz CT molecular complexity index is 876. The monoisotopic (exact) mass is 325 g/mol. The first kappa shape index (κ1) is 15.9. The normalized spacial score (nSPS) is 12.0. The minimum absolute atomic E-state index is 0.0250. The van der Waals surface area contributed by atoms with Gasteiger partial charge in [-0.1, -0.05) is 41.6 Å². The van der Waals surface area contributed by atoms with Gasteiger partial charge in [-0.25, -0.2) is 4.39 Å². The molecule has 0 bridgehead atoms. The number of hydrogen-bond donors (Lipinski definition) is 1. The van der Waals surface area contributed by atoms with Crippen LogP contribution >= 0.6 is 0 Å². The second kappa shape index (κ2) is 6.62. The van der Waals surface area contributed by atoms with Gasteiger partial charge in [-0.2, -0.15) is 4.98 Å². The van der Waals surface area contributed by atoms with Gasteiger partial charge in [-0.3, -0.25) is 4.79 Å². The average Bonchev–Trinajstić information content (AvgIpc) is 3.05. The van der Waals surface area contributed by atoms with E-state index in [1.807, 2.05) is 31.2 Å². The number of nitrogens with one attached hydrogen (secondary N) is 1.